The molecule has 0 radical (unpaired) electrons. The van der Waals surface area contributed by atoms with Crippen LogP contribution in [0.3, 0.4) is 0 Å². The standard InChI is InChI=1S/C14H17NO2/c16-9-10-5-6-15(8-10)14(17)13-7-11-3-1-2-4-12(11)13/h1-4,10,13,16H,5-9H2. The van der Waals surface area contributed by atoms with Crippen LogP contribution >= 0.6 is 0 Å². The summed E-state index contributed by atoms with van der Waals surface area (Å²) in [6.07, 6.45) is 1.83. The van der Waals surface area contributed by atoms with Gasteiger partial charge in [-0.25, -0.2) is 0 Å². The van der Waals surface area contributed by atoms with Crippen molar-refractivity contribution in [2.75, 3.05) is 19.7 Å². The van der Waals surface area contributed by atoms with Crippen LogP contribution in [0.1, 0.15) is 23.5 Å². The van der Waals surface area contributed by atoms with Crippen LogP contribution < -0.4 is 0 Å². The number of rotatable bonds is 2. The molecule has 1 heterocycles. The summed E-state index contributed by atoms with van der Waals surface area (Å²) in [6.45, 7) is 1.74. The third-order valence-corrected chi connectivity index (χ3v) is 4.01. The number of amides is 1. The Morgan fingerprint density at radius 1 is 1.41 bits per heavy atom. The van der Waals surface area contributed by atoms with Crippen LogP contribution in [0.5, 0.6) is 0 Å². The van der Waals surface area contributed by atoms with Gasteiger partial charge in [0.2, 0.25) is 5.91 Å². The first-order valence-electron chi connectivity index (χ1n) is 6.27. The summed E-state index contributed by atoms with van der Waals surface area (Å²) in [7, 11) is 0. The van der Waals surface area contributed by atoms with Crippen LogP contribution in [-0.4, -0.2) is 35.6 Å². The number of benzene rings is 1. The van der Waals surface area contributed by atoms with Crippen molar-refractivity contribution in [2.45, 2.75) is 18.8 Å². The predicted molar refractivity (Wildman–Crippen MR) is 64.7 cm³/mol. The molecular formula is C14H17NO2. The molecule has 0 spiro atoms. The number of carbonyl (C=O) groups excluding carboxylic acids is 1. The van der Waals surface area contributed by atoms with Gasteiger partial charge in [-0.15, -0.1) is 0 Å². The van der Waals surface area contributed by atoms with E-state index in [1.54, 1.807) is 0 Å². The van der Waals surface area contributed by atoms with E-state index >= 15 is 0 Å². The Labute approximate surface area is 101 Å². The number of aliphatic hydroxyl groups excluding tert-OH is 1. The van der Waals surface area contributed by atoms with Gasteiger partial charge in [-0.2, -0.15) is 0 Å². The first kappa shape index (κ1) is 10.8. The van der Waals surface area contributed by atoms with Gasteiger partial charge in [0.25, 0.3) is 0 Å². The minimum Gasteiger partial charge on any atom is -0.396 e. The number of nitrogens with zero attached hydrogens (tertiary/aromatic N) is 1. The molecule has 1 fully saturated rings. The van der Waals surface area contributed by atoms with Gasteiger partial charge in [0.15, 0.2) is 0 Å². The SMILES string of the molecule is O=C(C1Cc2ccccc21)N1CCC(CO)C1. The Hall–Kier alpha value is -1.35. The number of hydrogen-bond acceptors (Lipinski definition) is 2. The van der Waals surface area contributed by atoms with Gasteiger partial charge < -0.3 is 10.0 Å². The zero-order valence-electron chi connectivity index (χ0n) is 9.80. The van der Waals surface area contributed by atoms with Crippen molar-refractivity contribution < 1.29 is 9.90 Å². The Morgan fingerprint density at radius 2 is 2.24 bits per heavy atom. The van der Waals surface area contributed by atoms with E-state index in [0.29, 0.717) is 0 Å². The molecule has 1 N–H and O–H groups in total. The van der Waals surface area contributed by atoms with Gasteiger partial charge in [-0.3, -0.25) is 4.79 Å². The van der Waals surface area contributed by atoms with Gasteiger partial charge in [0, 0.05) is 25.6 Å². The second-order valence-corrected chi connectivity index (χ2v) is 5.08. The third-order valence-electron chi connectivity index (χ3n) is 4.01. The molecule has 17 heavy (non-hydrogen) atoms. The average molecular weight is 231 g/mol. The zero-order chi connectivity index (χ0) is 11.8. The Kier molecular flexibility index (Phi) is 2.63. The minimum atomic E-state index is 0.0728. The quantitative estimate of drug-likeness (QED) is 0.830. The van der Waals surface area contributed by atoms with E-state index < -0.39 is 0 Å². The summed E-state index contributed by atoms with van der Waals surface area (Å²) in [5.74, 6) is 0.609. The van der Waals surface area contributed by atoms with Crippen LogP contribution in [0, 0.1) is 5.92 Å². The summed E-state index contributed by atoms with van der Waals surface area (Å²) in [6, 6.07) is 8.18. The maximum Gasteiger partial charge on any atom is 0.230 e. The van der Waals surface area contributed by atoms with E-state index in [2.05, 4.69) is 12.1 Å². The van der Waals surface area contributed by atoms with Gasteiger partial charge in [0.1, 0.15) is 0 Å². The van der Waals surface area contributed by atoms with E-state index in [1.807, 2.05) is 17.0 Å². The summed E-state index contributed by atoms with van der Waals surface area (Å²) in [5, 5.41) is 9.10. The van der Waals surface area contributed by atoms with Gasteiger partial charge in [0.05, 0.1) is 5.92 Å². The fraction of sp³-hybridized carbons (Fsp3) is 0.500. The molecule has 3 nitrogen and oxygen atoms in total. The highest BCUT2D eigenvalue weighted by atomic mass is 16.3. The molecular weight excluding hydrogens is 214 g/mol. The van der Waals surface area contributed by atoms with Crippen molar-refractivity contribution >= 4 is 5.91 Å². The average Bonchev–Trinajstić information content (AvgIpc) is 2.79. The Morgan fingerprint density at radius 3 is 2.94 bits per heavy atom. The highest BCUT2D eigenvalue weighted by Gasteiger charge is 2.36. The molecule has 1 aliphatic carbocycles. The second-order valence-electron chi connectivity index (χ2n) is 5.08. The largest absolute Gasteiger partial charge is 0.396 e. The smallest absolute Gasteiger partial charge is 0.230 e. The molecule has 1 aromatic rings. The molecule has 1 aliphatic heterocycles. The van der Waals surface area contributed by atoms with Crippen molar-refractivity contribution in [3.63, 3.8) is 0 Å². The summed E-state index contributed by atoms with van der Waals surface area (Å²) >= 11 is 0. The lowest BCUT2D eigenvalue weighted by atomic mass is 9.77. The van der Waals surface area contributed by atoms with E-state index in [4.69, 9.17) is 5.11 Å². The van der Waals surface area contributed by atoms with Crippen LogP contribution in [0.2, 0.25) is 0 Å². The van der Waals surface area contributed by atoms with Crippen molar-refractivity contribution in [3.05, 3.63) is 35.4 Å². The molecule has 1 amide bonds. The number of hydrogen-bond donors (Lipinski definition) is 1. The zero-order valence-corrected chi connectivity index (χ0v) is 9.80. The van der Waals surface area contributed by atoms with Gasteiger partial charge in [-0.05, 0) is 24.0 Å². The molecule has 1 aromatic carbocycles. The monoisotopic (exact) mass is 231 g/mol. The summed E-state index contributed by atoms with van der Waals surface area (Å²) in [4.78, 5) is 14.2. The minimum absolute atomic E-state index is 0.0728. The molecule has 90 valence electrons. The van der Waals surface area contributed by atoms with E-state index in [-0.39, 0.29) is 24.3 Å². The molecule has 3 heteroatoms. The van der Waals surface area contributed by atoms with Crippen LogP contribution in [0.4, 0.5) is 0 Å². The van der Waals surface area contributed by atoms with Crippen molar-refractivity contribution in [1.82, 2.24) is 4.90 Å². The van der Waals surface area contributed by atoms with Crippen molar-refractivity contribution in [2.24, 2.45) is 5.92 Å². The lowest BCUT2D eigenvalue weighted by Crippen LogP contribution is -2.38. The molecule has 0 aromatic heterocycles. The topological polar surface area (TPSA) is 40.5 Å². The normalized spacial score (nSPS) is 26.5. The third kappa shape index (κ3) is 1.75. The second kappa shape index (κ2) is 4.15. The fourth-order valence-corrected chi connectivity index (χ4v) is 2.88. The fourth-order valence-electron chi connectivity index (χ4n) is 2.88. The number of aliphatic hydroxyl groups is 1. The molecule has 2 unspecified atom stereocenters. The van der Waals surface area contributed by atoms with E-state index in [0.717, 1.165) is 25.9 Å². The Balaban J connectivity index is 1.70. The van der Waals surface area contributed by atoms with Crippen LogP contribution in [0.25, 0.3) is 0 Å². The van der Waals surface area contributed by atoms with Crippen LogP contribution in [-0.2, 0) is 11.2 Å². The highest BCUT2D eigenvalue weighted by Crippen LogP contribution is 2.37. The number of fused-ring (bicyclic) bond motifs is 1. The predicted octanol–water partition coefficient (Wildman–Crippen LogP) is 1.17. The molecule has 2 aliphatic rings. The molecule has 2 atom stereocenters. The maximum atomic E-state index is 12.3. The number of carbonyl (C=O) groups is 1. The lowest BCUT2D eigenvalue weighted by molar-refractivity contribution is -0.132. The molecule has 0 saturated carbocycles. The lowest BCUT2D eigenvalue weighted by Gasteiger charge is -2.32. The van der Waals surface area contributed by atoms with Gasteiger partial charge in [-0.1, -0.05) is 24.3 Å². The maximum absolute atomic E-state index is 12.3. The summed E-state index contributed by atoms with van der Waals surface area (Å²) < 4.78 is 0. The van der Waals surface area contributed by atoms with E-state index in [9.17, 15) is 4.79 Å². The molecule has 0 bridgehead atoms. The first-order chi connectivity index (χ1) is 8.29. The van der Waals surface area contributed by atoms with Crippen LogP contribution in [0.15, 0.2) is 24.3 Å². The number of likely N-dealkylation sites (tertiary alicyclic amines) is 1. The van der Waals surface area contributed by atoms with Crippen molar-refractivity contribution in [3.8, 4) is 0 Å². The van der Waals surface area contributed by atoms with Gasteiger partial charge >= 0.3 is 0 Å². The highest BCUT2D eigenvalue weighted by molar-refractivity contribution is 5.87. The van der Waals surface area contributed by atoms with E-state index in [1.165, 1.54) is 11.1 Å². The first-order valence-corrected chi connectivity index (χ1v) is 6.27. The molecule has 3 rings (SSSR count). The Bertz CT molecular complexity index is 444. The summed E-state index contributed by atoms with van der Waals surface area (Å²) in [5.41, 5.74) is 2.51. The molecule has 1 saturated heterocycles. The van der Waals surface area contributed by atoms with Crippen molar-refractivity contribution in [1.29, 1.82) is 0 Å².